The molecule has 0 radical (unpaired) electrons. The van der Waals surface area contributed by atoms with Crippen LogP contribution in [0.1, 0.15) is 46.5 Å². The van der Waals surface area contributed by atoms with Crippen molar-refractivity contribution < 1.29 is 24.6 Å². The molecule has 0 aliphatic heterocycles. The molecule has 0 aromatic heterocycles. The molecule has 3 saturated carbocycles. The molecule has 0 bridgehead atoms. The SMILES string of the molecule is C[C@H]1C[C@@H]2C(C(=O)C[C@@]3(C)[C@H]2CC[C@]3(O)C(=O)CO)[C@@]2(C)C=CC(=O)C=C12. The van der Waals surface area contributed by atoms with Crippen LogP contribution in [0.25, 0.3) is 0 Å². The summed E-state index contributed by atoms with van der Waals surface area (Å²) in [5.74, 6) is -0.484. The third kappa shape index (κ3) is 2.21. The van der Waals surface area contributed by atoms with Crippen LogP contribution in [-0.4, -0.2) is 39.8 Å². The number of fused-ring (bicyclic) bond motifs is 5. The van der Waals surface area contributed by atoms with E-state index in [9.17, 15) is 24.6 Å². The number of rotatable bonds is 2. The number of carbonyl (C=O) groups excluding carboxylic acids is 3. The molecule has 5 nitrogen and oxygen atoms in total. The number of hydrogen-bond acceptors (Lipinski definition) is 5. The first kappa shape index (κ1) is 18.8. The van der Waals surface area contributed by atoms with Crippen molar-refractivity contribution in [2.75, 3.05) is 6.61 Å². The van der Waals surface area contributed by atoms with Crippen molar-refractivity contribution in [2.45, 2.75) is 52.1 Å². The smallest absolute Gasteiger partial charge is 0.190 e. The van der Waals surface area contributed by atoms with Crippen molar-refractivity contribution in [1.82, 2.24) is 0 Å². The Balaban J connectivity index is 1.79. The number of allylic oxidation sites excluding steroid dienone is 4. The van der Waals surface area contributed by atoms with Gasteiger partial charge in [0.05, 0.1) is 0 Å². The second-order valence-electron chi connectivity index (χ2n) is 9.54. The van der Waals surface area contributed by atoms with Crippen molar-refractivity contribution in [1.29, 1.82) is 0 Å². The molecular weight excluding hydrogens is 344 g/mol. The lowest BCUT2D eigenvalue weighted by atomic mass is 9.45. The zero-order chi connectivity index (χ0) is 19.8. The summed E-state index contributed by atoms with van der Waals surface area (Å²) in [6.07, 6.45) is 7.06. The largest absolute Gasteiger partial charge is 0.388 e. The van der Waals surface area contributed by atoms with Gasteiger partial charge in [-0.15, -0.1) is 0 Å². The van der Waals surface area contributed by atoms with Crippen LogP contribution in [0.15, 0.2) is 23.8 Å². The molecule has 27 heavy (non-hydrogen) atoms. The predicted molar refractivity (Wildman–Crippen MR) is 98.6 cm³/mol. The maximum atomic E-state index is 13.4. The van der Waals surface area contributed by atoms with Gasteiger partial charge < -0.3 is 10.2 Å². The van der Waals surface area contributed by atoms with E-state index < -0.39 is 28.8 Å². The summed E-state index contributed by atoms with van der Waals surface area (Å²) in [4.78, 5) is 37.7. The first-order chi connectivity index (χ1) is 12.6. The Labute approximate surface area is 159 Å². The van der Waals surface area contributed by atoms with E-state index in [0.29, 0.717) is 12.8 Å². The minimum atomic E-state index is -1.63. The van der Waals surface area contributed by atoms with Crippen LogP contribution in [0, 0.1) is 34.5 Å². The van der Waals surface area contributed by atoms with Crippen LogP contribution in [0.2, 0.25) is 0 Å². The summed E-state index contributed by atoms with van der Waals surface area (Å²) >= 11 is 0. The highest BCUT2D eigenvalue weighted by Gasteiger charge is 2.68. The summed E-state index contributed by atoms with van der Waals surface area (Å²) < 4.78 is 0. The molecule has 7 atom stereocenters. The minimum Gasteiger partial charge on any atom is -0.388 e. The van der Waals surface area contributed by atoms with Crippen LogP contribution >= 0.6 is 0 Å². The summed E-state index contributed by atoms with van der Waals surface area (Å²) in [5.41, 5.74) is -1.91. The number of Topliss-reactive ketones (excluding diaryl/α,β-unsaturated/α-hetero) is 2. The van der Waals surface area contributed by atoms with Crippen molar-refractivity contribution >= 4 is 17.3 Å². The molecule has 4 rings (SSSR count). The molecule has 4 aliphatic carbocycles. The molecule has 0 heterocycles. The summed E-state index contributed by atoms with van der Waals surface area (Å²) in [7, 11) is 0. The molecular formula is C22H28O5. The van der Waals surface area contributed by atoms with Gasteiger partial charge in [-0.1, -0.05) is 32.4 Å². The van der Waals surface area contributed by atoms with Crippen LogP contribution < -0.4 is 0 Å². The van der Waals surface area contributed by atoms with Crippen molar-refractivity contribution in [3.05, 3.63) is 23.8 Å². The molecule has 0 spiro atoms. The van der Waals surface area contributed by atoms with E-state index in [1.165, 1.54) is 0 Å². The lowest BCUT2D eigenvalue weighted by Crippen LogP contribution is -2.61. The second kappa shape index (κ2) is 5.71. The number of aliphatic hydroxyl groups is 2. The van der Waals surface area contributed by atoms with Crippen LogP contribution in [0.5, 0.6) is 0 Å². The topological polar surface area (TPSA) is 91.7 Å². The Hall–Kier alpha value is -1.59. The van der Waals surface area contributed by atoms with E-state index >= 15 is 0 Å². The Morgan fingerprint density at radius 2 is 2.00 bits per heavy atom. The van der Waals surface area contributed by atoms with Crippen molar-refractivity contribution in [3.63, 3.8) is 0 Å². The van der Waals surface area contributed by atoms with E-state index in [1.807, 2.05) is 13.0 Å². The number of aliphatic hydroxyl groups excluding tert-OH is 1. The minimum absolute atomic E-state index is 0.0235. The average molecular weight is 372 g/mol. The van der Waals surface area contributed by atoms with E-state index in [-0.39, 0.29) is 41.7 Å². The highest BCUT2D eigenvalue weighted by atomic mass is 16.3. The molecule has 0 saturated heterocycles. The molecule has 146 valence electrons. The first-order valence-electron chi connectivity index (χ1n) is 9.93. The Kier molecular flexibility index (Phi) is 3.97. The summed E-state index contributed by atoms with van der Waals surface area (Å²) in [6.45, 7) is 5.30. The van der Waals surface area contributed by atoms with E-state index in [2.05, 4.69) is 13.8 Å². The van der Waals surface area contributed by atoms with Gasteiger partial charge in [0.1, 0.15) is 18.0 Å². The predicted octanol–water partition coefficient (Wildman–Crippen LogP) is 2.01. The van der Waals surface area contributed by atoms with E-state index in [4.69, 9.17) is 0 Å². The van der Waals surface area contributed by atoms with Crippen molar-refractivity contribution in [3.8, 4) is 0 Å². The number of ketones is 3. The zero-order valence-corrected chi connectivity index (χ0v) is 16.2. The van der Waals surface area contributed by atoms with Gasteiger partial charge in [-0.2, -0.15) is 0 Å². The van der Waals surface area contributed by atoms with Gasteiger partial charge >= 0.3 is 0 Å². The molecule has 0 aromatic carbocycles. The third-order valence-electron chi connectivity index (χ3n) is 8.33. The second-order valence-corrected chi connectivity index (χ2v) is 9.54. The lowest BCUT2D eigenvalue weighted by molar-refractivity contribution is -0.169. The van der Waals surface area contributed by atoms with Crippen LogP contribution in [0.4, 0.5) is 0 Å². The highest BCUT2D eigenvalue weighted by molar-refractivity contribution is 6.02. The molecule has 0 aromatic rings. The molecule has 4 aliphatic rings. The first-order valence-corrected chi connectivity index (χ1v) is 9.93. The maximum Gasteiger partial charge on any atom is 0.190 e. The Morgan fingerprint density at radius 3 is 2.67 bits per heavy atom. The summed E-state index contributed by atoms with van der Waals surface area (Å²) in [6, 6.07) is 0. The van der Waals surface area contributed by atoms with Gasteiger partial charge in [0.2, 0.25) is 0 Å². The van der Waals surface area contributed by atoms with E-state index in [0.717, 1.165) is 12.0 Å². The number of carbonyl (C=O) groups is 3. The van der Waals surface area contributed by atoms with Crippen LogP contribution in [0.3, 0.4) is 0 Å². The third-order valence-corrected chi connectivity index (χ3v) is 8.33. The average Bonchev–Trinajstić information content (AvgIpc) is 2.87. The van der Waals surface area contributed by atoms with Gasteiger partial charge in [0.25, 0.3) is 0 Å². The maximum absolute atomic E-state index is 13.4. The van der Waals surface area contributed by atoms with Gasteiger partial charge in [-0.3, -0.25) is 14.4 Å². The zero-order valence-electron chi connectivity index (χ0n) is 16.2. The normalized spacial score (nSPS) is 48.6. The quantitative estimate of drug-likeness (QED) is 0.774. The van der Waals surface area contributed by atoms with Gasteiger partial charge in [-0.05, 0) is 49.2 Å². The molecule has 5 heteroatoms. The fourth-order valence-corrected chi connectivity index (χ4v) is 7.05. The highest BCUT2D eigenvalue weighted by Crippen LogP contribution is 2.66. The Morgan fingerprint density at radius 1 is 1.30 bits per heavy atom. The fourth-order valence-electron chi connectivity index (χ4n) is 7.05. The number of hydrogen-bond donors (Lipinski definition) is 2. The monoisotopic (exact) mass is 372 g/mol. The molecule has 2 N–H and O–H groups in total. The van der Waals surface area contributed by atoms with Gasteiger partial charge in [-0.25, -0.2) is 0 Å². The molecule has 3 fully saturated rings. The van der Waals surface area contributed by atoms with E-state index in [1.54, 1.807) is 12.2 Å². The fraction of sp³-hybridized carbons (Fsp3) is 0.682. The molecule has 1 unspecified atom stereocenters. The standard InChI is InChI=1S/C22H28O5/c1-12-8-14-15-5-7-22(27,18(26)11-23)21(15,3)10-17(25)19(14)20(2)6-4-13(24)9-16(12)20/h4,6,9,12,14-15,19,23,27H,5,7-8,10-11H2,1-3H3/t12-,14-,15-,19?,20-,21-,22-/m0/s1. The molecule has 0 amide bonds. The van der Waals surface area contributed by atoms with Gasteiger partial charge in [0.15, 0.2) is 11.6 Å². The van der Waals surface area contributed by atoms with Crippen LogP contribution in [-0.2, 0) is 14.4 Å². The van der Waals surface area contributed by atoms with Gasteiger partial charge in [0, 0.05) is 23.2 Å². The lowest BCUT2D eigenvalue weighted by Gasteiger charge is -2.58. The van der Waals surface area contributed by atoms with Crippen molar-refractivity contribution in [2.24, 2.45) is 34.5 Å². The summed E-state index contributed by atoms with van der Waals surface area (Å²) in [5, 5.41) is 20.6. The Bertz CT molecular complexity index is 795.